The van der Waals surface area contributed by atoms with Gasteiger partial charge in [-0.3, -0.25) is 9.59 Å². The molecule has 0 spiro atoms. The molecule has 3 heterocycles. The van der Waals surface area contributed by atoms with Gasteiger partial charge in [0.05, 0.1) is 24.4 Å². The third-order valence-corrected chi connectivity index (χ3v) is 6.18. The van der Waals surface area contributed by atoms with Crippen molar-refractivity contribution in [2.75, 3.05) is 13.2 Å². The van der Waals surface area contributed by atoms with E-state index < -0.39 is 17.7 Å². The summed E-state index contributed by atoms with van der Waals surface area (Å²) < 4.78 is 16.6. The van der Waals surface area contributed by atoms with Crippen molar-refractivity contribution in [3.05, 3.63) is 88.9 Å². The second-order valence-electron chi connectivity index (χ2n) is 8.69. The van der Waals surface area contributed by atoms with E-state index in [1.54, 1.807) is 30.3 Å². The fourth-order valence-corrected chi connectivity index (χ4v) is 4.37. The van der Waals surface area contributed by atoms with E-state index in [-0.39, 0.29) is 17.9 Å². The highest BCUT2D eigenvalue weighted by molar-refractivity contribution is 6.46. The molecule has 0 bridgehead atoms. The molecule has 2 aromatic carbocycles. The maximum absolute atomic E-state index is 13.2. The van der Waals surface area contributed by atoms with E-state index in [9.17, 15) is 14.7 Å². The van der Waals surface area contributed by atoms with E-state index in [0.717, 1.165) is 11.1 Å². The normalized spacial score (nSPS) is 19.1. The van der Waals surface area contributed by atoms with E-state index in [1.165, 1.54) is 11.2 Å². The number of carbonyl (C=O) groups excluding carboxylic acids is 2. The predicted molar refractivity (Wildman–Crippen MR) is 125 cm³/mol. The summed E-state index contributed by atoms with van der Waals surface area (Å²) in [5, 5.41) is 11.3. The van der Waals surface area contributed by atoms with Gasteiger partial charge in [-0.25, -0.2) is 0 Å². The van der Waals surface area contributed by atoms with E-state index >= 15 is 0 Å². The van der Waals surface area contributed by atoms with Crippen LogP contribution in [0.15, 0.2) is 70.9 Å². The number of Topliss-reactive ketones (excluding diaryl/α,β-unsaturated/α-hetero) is 1. The van der Waals surface area contributed by atoms with Crippen LogP contribution >= 0.6 is 0 Å². The number of likely N-dealkylation sites (tertiary alicyclic amines) is 1. The molecule has 1 fully saturated rings. The van der Waals surface area contributed by atoms with Gasteiger partial charge in [-0.1, -0.05) is 38.1 Å². The molecule has 1 atom stereocenters. The molecule has 34 heavy (non-hydrogen) atoms. The Morgan fingerprint density at radius 1 is 1.03 bits per heavy atom. The Morgan fingerprint density at radius 3 is 2.44 bits per heavy atom. The smallest absolute Gasteiger partial charge is 0.296 e. The number of hydrogen-bond acceptors (Lipinski definition) is 6. The summed E-state index contributed by atoms with van der Waals surface area (Å²) in [6, 6.07) is 15.5. The van der Waals surface area contributed by atoms with Crippen LogP contribution in [0.4, 0.5) is 0 Å². The van der Waals surface area contributed by atoms with Crippen LogP contribution in [-0.2, 0) is 16.1 Å². The molecule has 1 amide bonds. The van der Waals surface area contributed by atoms with Gasteiger partial charge in [-0.15, -0.1) is 0 Å². The zero-order chi connectivity index (χ0) is 23.8. The lowest BCUT2D eigenvalue weighted by atomic mass is 9.93. The Kier molecular flexibility index (Phi) is 5.61. The fraction of sp³-hybridized carbons (Fsp3) is 0.259. The Labute approximate surface area is 197 Å². The van der Waals surface area contributed by atoms with Crippen LogP contribution in [0.2, 0.25) is 0 Å². The van der Waals surface area contributed by atoms with Crippen molar-refractivity contribution in [3.63, 3.8) is 0 Å². The van der Waals surface area contributed by atoms with E-state index in [4.69, 9.17) is 13.9 Å². The Balaban J connectivity index is 1.62. The lowest BCUT2D eigenvalue weighted by Gasteiger charge is -2.25. The minimum atomic E-state index is -0.764. The quantitative estimate of drug-likeness (QED) is 0.335. The molecule has 1 saturated heterocycles. The molecule has 7 heteroatoms. The van der Waals surface area contributed by atoms with Gasteiger partial charge in [0, 0.05) is 5.56 Å². The number of hydrogen-bond donors (Lipinski definition) is 1. The average Bonchev–Trinajstić information content (AvgIpc) is 3.46. The summed E-state index contributed by atoms with van der Waals surface area (Å²) in [6.07, 6.45) is 1.52. The number of aliphatic hydroxyl groups excluding tert-OH is 1. The summed E-state index contributed by atoms with van der Waals surface area (Å²) in [5.74, 6) is 0.256. The summed E-state index contributed by atoms with van der Waals surface area (Å²) in [6.45, 7) is 5.14. The number of carbonyl (C=O) groups is 2. The summed E-state index contributed by atoms with van der Waals surface area (Å²) in [4.78, 5) is 27.8. The van der Waals surface area contributed by atoms with Gasteiger partial charge in [-0.05, 0) is 47.4 Å². The van der Waals surface area contributed by atoms with Crippen LogP contribution in [0.1, 0.15) is 48.3 Å². The minimum absolute atomic E-state index is 0.0329. The van der Waals surface area contributed by atoms with E-state index in [2.05, 4.69) is 13.8 Å². The van der Waals surface area contributed by atoms with Crippen molar-refractivity contribution in [3.8, 4) is 11.5 Å². The molecule has 3 aromatic rings. The molecular weight excluding hydrogens is 434 g/mol. The number of aliphatic hydroxyl groups is 1. The molecular formula is C27H25NO6. The number of amides is 1. The van der Waals surface area contributed by atoms with Crippen LogP contribution < -0.4 is 9.47 Å². The number of furan rings is 1. The molecule has 5 rings (SSSR count). The number of fused-ring (bicyclic) bond motifs is 1. The Hall–Kier alpha value is -4.00. The van der Waals surface area contributed by atoms with Crippen LogP contribution in [-0.4, -0.2) is 34.9 Å². The van der Waals surface area contributed by atoms with Crippen molar-refractivity contribution < 1.29 is 28.6 Å². The first-order chi connectivity index (χ1) is 16.4. The SMILES string of the molecule is CC(C)c1ccc(C2C(=C(O)c3ccc4c(c3)OCCO4)C(=O)C(=O)N2Cc2ccco2)cc1. The molecule has 174 valence electrons. The number of rotatable bonds is 5. The van der Waals surface area contributed by atoms with Gasteiger partial charge in [-0.2, -0.15) is 0 Å². The number of nitrogens with zero attached hydrogens (tertiary/aromatic N) is 1. The predicted octanol–water partition coefficient (Wildman–Crippen LogP) is 4.80. The highest BCUT2D eigenvalue weighted by Gasteiger charge is 2.46. The second-order valence-corrected chi connectivity index (χ2v) is 8.69. The fourth-order valence-electron chi connectivity index (χ4n) is 4.37. The summed E-state index contributed by atoms with van der Waals surface area (Å²) in [5.41, 5.74) is 2.28. The van der Waals surface area contributed by atoms with Gasteiger partial charge in [0.1, 0.15) is 24.7 Å². The highest BCUT2D eigenvalue weighted by atomic mass is 16.6. The van der Waals surface area contributed by atoms with Crippen LogP contribution in [0, 0.1) is 0 Å². The van der Waals surface area contributed by atoms with Gasteiger partial charge in [0.2, 0.25) is 0 Å². The zero-order valence-corrected chi connectivity index (χ0v) is 19.0. The highest BCUT2D eigenvalue weighted by Crippen LogP contribution is 2.42. The van der Waals surface area contributed by atoms with Gasteiger partial charge < -0.3 is 23.9 Å². The number of ether oxygens (including phenoxy) is 2. The Morgan fingerprint density at radius 2 is 1.76 bits per heavy atom. The lowest BCUT2D eigenvalue weighted by molar-refractivity contribution is -0.140. The van der Waals surface area contributed by atoms with Crippen LogP contribution in [0.3, 0.4) is 0 Å². The van der Waals surface area contributed by atoms with E-state index in [1.807, 2.05) is 24.3 Å². The maximum Gasteiger partial charge on any atom is 0.296 e. The average molecular weight is 459 g/mol. The number of ketones is 1. The second kappa shape index (κ2) is 8.74. The van der Waals surface area contributed by atoms with Crippen molar-refractivity contribution >= 4 is 17.4 Å². The lowest BCUT2D eigenvalue weighted by Crippen LogP contribution is -2.29. The largest absolute Gasteiger partial charge is 0.507 e. The molecule has 0 radical (unpaired) electrons. The summed E-state index contributed by atoms with van der Waals surface area (Å²) in [7, 11) is 0. The molecule has 1 N–H and O–H groups in total. The van der Waals surface area contributed by atoms with Crippen molar-refractivity contribution in [1.82, 2.24) is 4.90 Å². The summed E-state index contributed by atoms with van der Waals surface area (Å²) >= 11 is 0. The van der Waals surface area contributed by atoms with Crippen LogP contribution in [0.5, 0.6) is 11.5 Å². The third kappa shape index (κ3) is 3.83. The first kappa shape index (κ1) is 21.8. The van der Waals surface area contributed by atoms with Crippen LogP contribution in [0.25, 0.3) is 5.76 Å². The third-order valence-electron chi connectivity index (χ3n) is 6.18. The first-order valence-corrected chi connectivity index (χ1v) is 11.2. The standard InChI is InChI=1S/C27H25NO6/c1-16(2)17-5-7-18(8-6-17)24-23(26(30)27(31)28(24)15-20-4-3-11-32-20)25(29)19-9-10-21-22(14-19)34-13-12-33-21/h3-11,14,16,24,29H,12-13,15H2,1-2H3. The zero-order valence-electron chi connectivity index (χ0n) is 19.0. The topological polar surface area (TPSA) is 89.2 Å². The first-order valence-electron chi connectivity index (χ1n) is 11.2. The van der Waals surface area contributed by atoms with Crippen molar-refractivity contribution in [1.29, 1.82) is 0 Å². The maximum atomic E-state index is 13.2. The monoisotopic (exact) mass is 459 g/mol. The minimum Gasteiger partial charge on any atom is -0.507 e. The van der Waals surface area contributed by atoms with Gasteiger partial charge >= 0.3 is 0 Å². The molecule has 2 aliphatic heterocycles. The molecule has 2 aliphatic rings. The molecule has 0 aliphatic carbocycles. The van der Waals surface area contributed by atoms with Crippen molar-refractivity contribution in [2.24, 2.45) is 0 Å². The van der Waals surface area contributed by atoms with Crippen molar-refractivity contribution in [2.45, 2.75) is 32.4 Å². The molecule has 7 nitrogen and oxygen atoms in total. The van der Waals surface area contributed by atoms with Gasteiger partial charge in [0.15, 0.2) is 11.5 Å². The number of benzene rings is 2. The Bertz CT molecular complexity index is 1260. The van der Waals surface area contributed by atoms with Gasteiger partial charge in [0.25, 0.3) is 11.7 Å². The molecule has 1 aromatic heterocycles. The van der Waals surface area contributed by atoms with E-state index in [0.29, 0.717) is 42.0 Å². The molecule has 1 unspecified atom stereocenters. The molecule has 0 saturated carbocycles.